The molecule has 0 aliphatic heterocycles. The zero-order valence-electron chi connectivity index (χ0n) is 14.7. The largest absolute Gasteiger partial charge is 0.393 e. The number of aliphatic hydroxyl groups is 1. The van der Waals surface area contributed by atoms with E-state index in [1.54, 1.807) is 0 Å². The first-order valence-electron chi connectivity index (χ1n) is 9.71. The van der Waals surface area contributed by atoms with E-state index in [0.29, 0.717) is 11.5 Å². The summed E-state index contributed by atoms with van der Waals surface area (Å²) in [6.45, 7) is 4.97. The normalized spacial score (nSPS) is 57.8. The average molecular weight is 306 g/mol. The van der Waals surface area contributed by atoms with Gasteiger partial charge >= 0.3 is 0 Å². The third kappa shape index (κ3) is 1.92. The van der Waals surface area contributed by atoms with Crippen molar-refractivity contribution in [3.8, 4) is 0 Å². The summed E-state index contributed by atoms with van der Waals surface area (Å²) in [5, 5.41) is 10.6. The molecule has 0 amide bonds. The van der Waals surface area contributed by atoms with Gasteiger partial charge in [0.1, 0.15) is 0 Å². The zero-order chi connectivity index (χ0) is 15.5. The highest BCUT2D eigenvalue weighted by Gasteiger charge is 2.61. The molecule has 0 radical (unpaired) electrons. The van der Waals surface area contributed by atoms with Crippen molar-refractivity contribution in [1.29, 1.82) is 0 Å². The van der Waals surface area contributed by atoms with Gasteiger partial charge in [0, 0.05) is 7.11 Å². The second kappa shape index (κ2) is 5.21. The number of fused-ring (bicyclic) bond motifs is 5. The smallest absolute Gasteiger partial charge is 0.0607 e. The Kier molecular flexibility index (Phi) is 3.66. The predicted molar refractivity (Wildman–Crippen MR) is 88.5 cm³/mol. The molecule has 4 aliphatic rings. The van der Waals surface area contributed by atoms with E-state index in [1.165, 1.54) is 51.4 Å². The summed E-state index contributed by atoms with van der Waals surface area (Å²) in [7, 11) is 1.94. The van der Waals surface area contributed by atoms with Gasteiger partial charge in [0.15, 0.2) is 0 Å². The van der Waals surface area contributed by atoms with E-state index in [9.17, 15) is 5.11 Å². The van der Waals surface area contributed by atoms with Crippen molar-refractivity contribution >= 4 is 0 Å². The molecule has 4 aliphatic carbocycles. The van der Waals surface area contributed by atoms with Gasteiger partial charge in [-0.25, -0.2) is 0 Å². The summed E-state index contributed by atoms with van der Waals surface area (Å²) < 4.78 is 6.02. The van der Waals surface area contributed by atoms with Crippen LogP contribution in [0, 0.1) is 34.5 Å². The minimum atomic E-state index is -0.0590. The molecular weight excluding hydrogens is 272 g/mol. The molecule has 4 rings (SSSR count). The van der Waals surface area contributed by atoms with Crippen molar-refractivity contribution in [2.75, 3.05) is 7.11 Å². The molecule has 0 aromatic heterocycles. The zero-order valence-corrected chi connectivity index (χ0v) is 14.7. The topological polar surface area (TPSA) is 29.5 Å². The summed E-state index contributed by atoms with van der Waals surface area (Å²) in [4.78, 5) is 0. The molecule has 0 spiro atoms. The van der Waals surface area contributed by atoms with Crippen LogP contribution in [0.4, 0.5) is 0 Å². The van der Waals surface area contributed by atoms with Gasteiger partial charge in [0.25, 0.3) is 0 Å². The first-order chi connectivity index (χ1) is 10.5. The molecule has 126 valence electrons. The van der Waals surface area contributed by atoms with Crippen molar-refractivity contribution in [1.82, 2.24) is 0 Å². The molecule has 0 heterocycles. The van der Waals surface area contributed by atoms with Crippen LogP contribution in [0.2, 0.25) is 0 Å². The van der Waals surface area contributed by atoms with Gasteiger partial charge in [-0.15, -0.1) is 0 Å². The fourth-order valence-corrected chi connectivity index (χ4v) is 7.56. The van der Waals surface area contributed by atoms with Crippen LogP contribution >= 0.6 is 0 Å². The van der Waals surface area contributed by atoms with E-state index in [2.05, 4.69) is 13.8 Å². The molecule has 0 saturated heterocycles. The number of hydrogen-bond acceptors (Lipinski definition) is 2. The van der Waals surface area contributed by atoms with Gasteiger partial charge in [-0.1, -0.05) is 26.7 Å². The molecule has 0 aromatic rings. The van der Waals surface area contributed by atoms with Gasteiger partial charge in [0.2, 0.25) is 0 Å². The molecule has 4 fully saturated rings. The van der Waals surface area contributed by atoms with E-state index < -0.39 is 0 Å². The summed E-state index contributed by atoms with van der Waals surface area (Å²) in [6, 6.07) is 0. The Morgan fingerprint density at radius 2 is 1.64 bits per heavy atom. The van der Waals surface area contributed by atoms with Gasteiger partial charge in [-0.2, -0.15) is 0 Å². The number of aliphatic hydroxyl groups excluding tert-OH is 1. The first kappa shape index (κ1) is 15.4. The Labute approximate surface area is 136 Å². The lowest BCUT2D eigenvalue weighted by Crippen LogP contribution is -2.57. The molecule has 8 atom stereocenters. The molecular formula is C20H34O2. The maximum Gasteiger partial charge on any atom is 0.0607 e. The number of rotatable bonds is 1. The van der Waals surface area contributed by atoms with Crippen LogP contribution in [-0.2, 0) is 4.74 Å². The second-order valence-electron chi connectivity index (χ2n) is 9.38. The molecule has 2 heteroatoms. The average Bonchev–Trinajstić information content (AvgIpc) is 2.82. The maximum absolute atomic E-state index is 10.6. The first-order valence-corrected chi connectivity index (χ1v) is 9.71. The number of hydrogen-bond donors (Lipinski definition) is 1. The van der Waals surface area contributed by atoms with Crippen LogP contribution in [0.15, 0.2) is 0 Å². The lowest BCUT2D eigenvalue weighted by atomic mass is 9.44. The van der Waals surface area contributed by atoms with Gasteiger partial charge in [-0.3, -0.25) is 0 Å². The summed E-state index contributed by atoms with van der Waals surface area (Å²) in [6.07, 6.45) is 12.1. The fourth-order valence-electron chi connectivity index (χ4n) is 7.56. The van der Waals surface area contributed by atoms with Crippen LogP contribution in [0.5, 0.6) is 0 Å². The van der Waals surface area contributed by atoms with Gasteiger partial charge < -0.3 is 9.84 Å². The SMILES string of the molecule is COC1C[C@@H]2[C@H](CC[C@]3(C)[C@@H](O)CC[C@@H]23)[C@@]2(C)CCCC[C@H]12. The van der Waals surface area contributed by atoms with Crippen molar-refractivity contribution in [2.45, 2.75) is 83.8 Å². The molecule has 0 bridgehead atoms. The Bertz CT molecular complexity index is 435. The standard InChI is InChI=1S/C20H34O2/c1-19-10-5-4-6-16(19)17(22-3)12-13-14-7-8-18(21)20(14,2)11-9-15(13)19/h13-18,21H,4-12H2,1-3H3/t13-,14-,15-,16+,17?,18-,19+,20-/m0/s1. The van der Waals surface area contributed by atoms with E-state index in [1.807, 2.05) is 7.11 Å². The Morgan fingerprint density at radius 3 is 2.41 bits per heavy atom. The van der Waals surface area contributed by atoms with Crippen molar-refractivity contribution in [3.63, 3.8) is 0 Å². The maximum atomic E-state index is 10.6. The van der Waals surface area contributed by atoms with Crippen LogP contribution in [0.25, 0.3) is 0 Å². The van der Waals surface area contributed by atoms with Crippen LogP contribution < -0.4 is 0 Å². The highest BCUT2D eigenvalue weighted by atomic mass is 16.5. The van der Waals surface area contributed by atoms with Crippen LogP contribution in [0.3, 0.4) is 0 Å². The van der Waals surface area contributed by atoms with E-state index in [0.717, 1.165) is 30.1 Å². The molecule has 2 nitrogen and oxygen atoms in total. The fraction of sp³-hybridized carbons (Fsp3) is 1.00. The lowest BCUT2D eigenvalue weighted by Gasteiger charge is -2.62. The highest BCUT2D eigenvalue weighted by molar-refractivity contribution is 5.10. The summed E-state index contributed by atoms with van der Waals surface area (Å²) in [5.41, 5.74) is 0.689. The molecule has 0 aromatic carbocycles. The van der Waals surface area contributed by atoms with Crippen LogP contribution in [0.1, 0.15) is 71.6 Å². The van der Waals surface area contributed by atoms with E-state index >= 15 is 0 Å². The molecule has 1 unspecified atom stereocenters. The molecule has 22 heavy (non-hydrogen) atoms. The Balaban J connectivity index is 1.69. The highest BCUT2D eigenvalue weighted by Crippen LogP contribution is 2.66. The quantitative estimate of drug-likeness (QED) is 0.778. The minimum absolute atomic E-state index is 0.0590. The van der Waals surface area contributed by atoms with Crippen molar-refractivity contribution in [2.24, 2.45) is 34.5 Å². The lowest BCUT2D eigenvalue weighted by molar-refractivity contribution is -0.169. The van der Waals surface area contributed by atoms with E-state index in [4.69, 9.17) is 4.74 Å². The minimum Gasteiger partial charge on any atom is -0.393 e. The van der Waals surface area contributed by atoms with Gasteiger partial charge in [0.05, 0.1) is 12.2 Å². The monoisotopic (exact) mass is 306 g/mol. The Morgan fingerprint density at radius 1 is 0.864 bits per heavy atom. The predicted octanol–water partition coefficient (Wildman–Crippen LogP) is 4.41. The summed E-state index contributed by atoms with van der Waals surface area (Å²) in [5.74, 6) is 3.19. The van der Waals surface area contributed by atoms with Crippen LogP contribution in [-0.4, -0.2) is 24.4 Å². The van der Waals surface area contributed by atoms with Crippen molar-refractivity contribution < 1.29 is 9.84 Å². The second-order valence-corrected chi connectivity index (χ2v) is 9.38. The van der Waals surface area contributed by atoms with Gasteiger partial charge in [-0.05, 0) is 79.4 Å². The third-order valence-corrected chi connectivity index (χ3v) is 8.82. The Hall–Kier alpha value is -0.0800. The summed E-state index contributed by atoms with van der Waals surface area (Å²) >= 11 is 0. The molecule has 4 saturated carbocycles. The number of methoxy groups -OCH3 is 1. The molecule has 1 N–H and O–H groups in total. The number of ether oxygens (including phenoxy) is 1. The van der Waals surface area contributed by atoms with Crippen molar-refractivity contribution in [3.05, 3.63) is 0 Å². The third-order valence-electron chi connectivity index (χ3n) is 8.82. The van der Waals surface area contributed by atoms with E-state index in [-0.39, 0.29) is 11.5 Å².